The van der Waals surface area contributed by atoms with Crippen LogP contribution in [0.2, 0.25) is 0 Å². The molecular weight excluding hydrogens is 436 g/mol. The summed E-state index contributed by atoms with van der Waals surface area (Å²) in [5, 5.41) is 0. The first-order valence-electron chi connectivity index (χ1n) is 12.2. The number of nitrogens with two attached hydrogens (primary N) is 1. The van der Waals surface area contributed by atoms with E-state index in [9.17, 15) is 9.59 Å². The number of nitrogens with zero attached hydrogens (tertiary/aromatic N) is 2. The van der Waals surface area contributed by atoms with Crippen LogP contribution < -0.4 is 5.73 Å². The maximum Gasteiger partial charge on any atom is 0.306 e. The molecule has 3 unspecified atom stereocenters. The second-order valence-corrected chi connectivity index (χ2v) is 9.84. The van der Waals surface area contributed by atoms with Crippen LogP contribution in [0.25, 0.3) is 0 Å². The van der Waals surface area contributed by atoms with Crippen molar-refractivity contribution in [3.8, 4) is 0 Å². The smallest absolute Gasteiger partial charge is 0.306 e. The van der Waals surface area contributed by atoms with Crippen molar-refractivity contribution in [2.24, 2.45) is 27.6 Å². The summed E-state index contributed by atoms with van der Waals surface area (Å²) in [7, 11) is 1.45. The minimum atomic E-state index is -1.07. The number of aromatic nitrogens is 1. The van der Waals surface area contributed by atoms with Gasteiger partial charge in [0.15, 0.2) is 5.84 Å². The van der Waals surface area contributed by atoms with Crippen LogP contribution in [0.5, 0.6) is 0 Å². The van der Waals surface area contributed by atoms with E-state index in [1.54, 1.807) is 19.9 Å². The first-order valence-corrected chi connectivity index (χ1v) is 12.2. The average Bonchev–Trinajstić information content (AvgIpc) is 3.44. The molecule has 1 saturated heterocycles. The van der Waals surface area contributed by atoms with E-state index in [1.807, 2.05) is 6.07 Å². The molecule has 1 saturated carbocycles. The molecular formula is C25H38N4O5. The van der Waals surface area contributed by atoms with Crippen LogP contribution in [0.15, 0.2) is 22.1 Å². The number of hydrogen-bond donors (Lipinski definition) is 2. The van der Waals surface area contributed by atoms with Crippen LogP contribution >= 0.6 is 0 Å². The van der Waals surface area contributed by atoms with Crippen molar-refractivity contribution in [3.05, 3.63) is 23.5 Å². The van der Waals surface area contributed by atoms with E-state index < -0.39 is 11.5 Å². The lowest BCUT2D eigenvalue weighted by Gasteiger charge is -2.21. The SMILES string of the molecule is COC(C)(C)C(=O)N=C(N=CN)c1ccc(C2OC(COC(=O)CC3CCCCC3)CC2C)[nH]1. The van der Waals surface area contributed by atoms with Gasteiger partial charge in [-0.2, -0.15) is 4.99 Å². The molecule has 9 heteroatoms. The Kier molecular flexibility index (Phi) is 9.02. The van der Waals surface area contributed by atoms with Crippen molar-refractivity contribution in [3.63, 3.8) is 0 Å². The topological polar surface area (TPSA) is 128 Å². The lowest BCUT2D eigenvalue weighted by atomic mass is 9.87. The van der Waals surface area contributed by atoms with Gasteiger partial charge in [0.25, 0.3) is 5.91 Å². The number of H-pyrrole nitrogens is 1. The molecule has 2 aliphatic rings. The van der Waals surface area contributed by atoms with Crippen LogP contribution in [0.1, 0.15) is 83.2 Å². The Hall–Kier alpha value is -2.52. The number of carbonyl (C=O) groups is 2. The largest absolute Gasteiger partial charge is 0.463 e. The Morgan fingerprint density at radius 1 is 1.26 bits per heavy atom. The minimum Gasteiger partial charge on any atom is -0.463 e. The lowest BCUT2D eigenvalue weighted by Crippen LogP contribution is -2.33. The van der Waals surface area contributed by atoms with Gasteiger partial charge in [-0.15, -0.1) is 0 Å². The van der Waals surface area contributed by atoms with Crippen molar-refractivity contribution in [1.82, 2.24) is 4.98 Å². The molecule has 3 rings (SSSR count). The van der Waals surface area contributed by atoms with Crippen molar-refractivity contribution in [1.29, 1.82) is 0 Å². The molecule has 2 heterocycles. The molecule has 1 amide bonds. The predicted molar refractivity (Wildman–Crippen MR) is 130 cm³/mol. The summed E-state index contributed by atoms with van der Waals surface area (Å²) < 4.78 is 17.0. The van der Waals surface area contributed by atoms with Crippen LogP contribution in [-0.2, 0) is 23.8 Å². The predicted octanol–water partition coefficient (Wildman–Crippen LogP) is 3.68. The molecule has 1 aromatic rings. The van der Waals surface area contributed by atoms with E-state index in [-0.39, 0.29) is 36.5 Å². The summed E-state index contributed by atoms with van der Waals surface area (Å²) in [5.41, 5.74) is 5.80. The highest BCUT2D eigenvalue weighted by molar-refractivity contribution is 6.08. The molecule has 188 valence electrons. The first kappa shape index (κ1) is 26.1. The number of carbonyl (C=O) groups excluding carboxylic acids is 2. The number of hydrogen-bond acceptors (Lipinski definition) is 5. The lowest BCUT2D eigenvalue weighted by molar-refractivity contribution is -0.149. The molecule has 3 atom stereocenters. The van der Waals surface area contributed by atoms with Gasteiger partial charge in [0, 0.05) is 19.2 Å². The highest BCUT2D eigenvalue weighted by Crippen LogP contribution is 2.38. The average molecular weight is 475 g/mol. The van der Waals surface area contributed by atoms with E-state index >= 15 is 0 Å². The Balaban J connectivity index is 1.59. The standard InChI is InChI=1S/C25H38N4O5/c1-16-12-18(14-33-21(30)13-17-8-6-5-7-9-17)34-22(16)19-10-11-20(28-19)23(27-15-26)29-24(31)25(2,3)32-4/h10-11,15-18,22,28H,5-9,12-14H2,1-4H3,(H2,26,27,29,31). The fourth-order valence-electron chi connectivity index (χ4n) is 4.55. The molecule has 9 nitrogen and oxygen atoms in total. The summed E-state index contributed by atoms with van der Waals surface area (Å²) in [6.07, 6.45) is 7.99. The van der Waals surface area contributed by atoms with E-state index in [2.05, 4.69) is 21.9 Å². The summed E-state index contributed by atoms with van der Waals surface area (Å²) >= 11 is 0. The Morgan fingerprint density at radius 2 is 2.00 bits per heavy atom. The molecule has 3 N–H and O–H groups in total. The van der Waals surface area contributed by atoms with Gasteiger partial charge in [-0.3, -0.25) is 9.59 Å². The molecule has 34 heavy (non-hydrogen) atoms. The van der Waals surface area contributed by atoms with Gasteiger partial charge >= 0.3 is 5.97 Å². The number of aromatic amines is 1. The molecule has 0 spiro atoms. The van der Waals surface area contributed by atoms with Gasteiger partial charge in [0.1, 0.15) is 18.3 Å². The van der Waals surface area contributed by atoms with Crippen molar-refractivity contribution in [2.75, 3.05) is 13.7 Å². The summed E-state index contributed by atoms with van der Waals surface area (Å²) in [6.45, 7) is 5.65. The Labute approximate surface area is 201 Å². The van der Waals surface area contributed by atoms with Gasteiger partial charge in [-0.25, -0.2) is 4.99 Å². The zero-order valence-corrected chi connectivity index (χ0v) is 20.7. The summed E-state index contributed by atoms with van der Waals surface area (Å²) in [6, 6.07) is 3.68. The highest BCUT2D eigenvalue weighted by atomic mass is 16.6. The third kappa shape index (κ3) is 6.76. The van der Waals surface area contributed by atoms with Crippen molar-refractivity contribution < 1.29 is 23.8 Å². The third-order valence-electron chi connectivity index (χ3n) is 6.79. The van der Waals surface area contributed by atoms with Crippen LogP contribution in [0.4, 0.5) is 0 Å². The van der Waals surface area contributed by atoms with Crippen LogP contribution in [0, 0.1) is 11.8 Å². The van der Waals surface area contributed by atoms with Gasteiger partial charge in [0.05, 0.1) is 18.1 Å². The van der Waals surface area contributed by atoms with Gasteiger partial charge < -0.3 is 24.9 Å². The number of methoxy groups -OCH3 is 1. The number of amidine groups is 1. The quantitative estimate of drug-likeness (QED) is 0.336. The van der Waals surface area contributed by atoms with E-state index in [0.717, 1.165) is 31.3 Å². The van der Waals surface area contributed by atoms with Crippen molar-refractivity contribution >= 4 is 24.1 Å². The normalized spacial score (nSPS) is 24.6. The molecule has 2 fully saturated rings. The molecule has 0 aromatic carbocycles. The van der Waals surface area contributed by atoms with Crippen LogP contribution in [0.3, 0.4) is 0 Å². The second kappa shape index (κ2) is 11.8. The van der Waals surface area contributed by atoms with Crippen LogP contribution in [-0.4, -0.2) is 54.5 Å². The molecule has 1 aromatic heterocycles. The summed E-state index contributed by atoms with van der Waals surface area (Å²) in [4.78, 5) is 36.1. The number of esters is 1. The van der Waals surface area contributed by atoms with E-state index in [4.69, 9.17) is 19.9 Å². The number of rotatable bonds is 8. The van der Waals surface area contributed by atoms with E-state index in [0.29, 0.717) is 18.0 Å². The molecule has 1 aliphatic carbocycles. The molecule has 0 radical (unpaired) electrons. The molecule has 0 bridgehead atoms. The highest BCUT2D eigenvalue weighted by Gasteiger charge is 2.35. The van der Waals surface area contributed by atoms with Gasteiger partial charge in [-0.1, -0.05) is 26.2 Å². The maximum absolute atomic E-state index is 12.5. The van der Waals surface area contributed by atoms with Crippen molar-refractivity contribution in [2.45, 2.75) is 83.5 Å². The fourth-order valence-corrected chi connectivity index (χ4v) is 4.55. The maximum atomic E-state index is 12.5. The van der Waals surface area contributed by atoms with Gasteiger partial charge in [0.2, 0.25) is 0 Å². The number of ether oxygens (including phenoxy) is 3. The summed E-state index contributed by atoms with van der Waals surface area (Å²) in [5.74, 6) is 0.261. The van der Waals surface area contributed by atoms with Gasteiger partial charge in [-0.05, 0) is 57.1 Å². The minimum absolute atomic E-state index is 0.127. The Morgan fingerprint density at radius 3 is 2.68 bits per heavy atom. The monoisotopic (exact) mass is 474 g/mol. The second-order valence-electron chi connectivity index (χ2n) is 9.84. The third-order valence-corrected chi connectivity index (χ3v) is 6.79. The number of aliphatic imine (C=N–C) groups is 2. The first-order chi connectivity index (χ1) is 16.2. The molecule has 1 aliphatic heterocycles. The Bertz CT molecular complexity index is 901. The fraction of sp³-hybridized carbons (Fsp3) is 0.680. The zero-order chi connectivity index (χ0) is 24.7. The zero-order valence-electron chi connectivity index (χ0n) is 20.7. The number of nitrogens with one attached hydrogen (secondary N) is 1. The number of amides is 1. The van der Waals surface area contributed by atoms with E-state index in [1.165, 1.54) is 26.4 Å².